The summed E-state index contributed by atoms with van der Waals surface area (Å²) in [4.78, 5) is 31.8. The number of ether oxygens (including phenoxy) is 2. The van der Waals surface area contributed by atoms with Crippen LogP contribution in [0.1, 0.15) is 37.1 Å². The van der Waals surface area contributed by atoms with E-state index >= 15 is 0 Å². The molecule has 3 heterocycles. The fraction of sp³-hybridized carbons (Fsp3) is 0.348. The minimum atomic E-state index is -0.836. The Kier molecular flexibility index (Phi) is 6.25. The molecule has 2 aromatic rings. The van der Waals surface area contributed by atoms with Gasteiger partial charge in [-0.15, -0.1) is 0 Å². The van der Waals surface area contributed by atoms with Crippen molar-refractivity contribution < 1.29 is 24.2 Å². The number of ketones is 1. The van der Waals surface area contributed by atoms with Crippen molar-refractivity contribution in [2.24, 2.45) is 0 Å². The summed E-state index contributed by atoms with van der Waals surface area (Å²) in [5, 5.41) is 11.4. The number of nitrogens with zero attached hydrogens (tertiary/aromatic N) is 2. The van der Waals surface area contributed by atoms with Crippen molar-refractivity contribution in [1.82, 2.24) is 9.88 Å². The summed E-state index contributed by atoms with van der Waals surface area (Å²) in [5.74, 6) is -1.32. The number of aliphatic hydroxyl groups is 1. The Hall–Kier alpha value is -2.90. The van der Waals surface area contributed by atoms with Crippen molar-refractivity contribution in [1.29, 1.82) is 0 Å². The van der Waals surface area contributed by atoms with E-state index < -0.39 is 17.7 Å². The molecule has 8 heteroatoms. The number of hydrogen-bond acceptors (Lipinski definition) is 6. The lowest BCUT2D eigenvalue weighted by Crippen LogP contribution is -2.36. The second-order valence-electron chi connectivity index (χ2n) is 7.42. The van der Waals surface area contributed by atoms with E-state index in [-0.39, 0.29) is 34.6 Å². The molecule has 2 saturated heterocycles. The number of hydrogen-bond donors (Lipinski definition) is 1. The Balaban J connectivity index is 1.83. The molecule has 1 aromatic carbocycles. The lowest BCUT2D eigenvalue weighted by Gasteiger charge is -2.26. The Morgan fingerprint density at radius 2 is 2.16 bits per heavy atom. The molecule has 0 saturated carbocycles. The zero-order valence-corrected chi connectivity index (χ0v) is 17.8. The van der Waals surface area contributed by atoms with Gasteiger partial charge >= 0.3 is 0 Å². The molecule has 2 aliphatic heterocycles. The number of benzene rings is 1. The zero-order valence-electron chi connectivity index (χ0n) is 17.1. The SMILES string of the molecule is CCOc1ccc(Cl)c(/C(O)=C2\C(=O)C(=O)N(CC3CCCO3)C2c2ccccn2)c1. The molecule has 0 bridgehead atoms. The molecule has 0 spiro atoms. The van der Waals surface area contributed by atoms with E-state index in [4.69, 9.17) is 21.1 Å². The predicted octanol–water partition coefficient (Wildman–Crippen LogP) is 3.73. The van der Waals surface area contributed by atoms with Crippen molar-refractivity contribution in [3.63, 3.8) is 0 Å². The highest BCUT2D eigenvalue weighted by molar-refractivity contribution is 6.47. The van der Waals surface area contributed by atoms with Gasteiger partial charge in [0, 0.05) is 24.9 Å². The first-order valence-electron chi connectivity index (χ1n) is 10.2. The average Bonchev–Trinajstić information content (AvgIpc) is 3.38. The number of likely N-dealkylation sites (tertiary alicyclic amines) is 1. The molecule has 2 atom stereocenters. The Labute approximate surface area is 185 Å². The van der Waals surface area contributed by atoms with Gasteiger partial charge in [-0.25, -0.2) is 0 Å². The summed E-state index contributed by atoms with van der Waals surface area (Å²) in [6.07, 6.45) is 3.14. The molecule has 31 heavy (non-hydrogen) atoms. The van der Waals surface area contributed by atoms with Crippen molar-refractivity contribution in [2.75, 3.05) is 19.8 Å². The molecular weight excluding hydrogens is 420 g/mol. The fourth-order valence-corrected chi connectivity index (χ4v) is 4.22. The van der Waals surface area contributed by atoms with E-state index in [1.54, 1.807) is 42.6 Å². The monoisotopic (exact) mass is 442 g/mol. The number of aliphatic hydroxyl groups excluding tert-OH is 1. The minimum absolute atomic E-state index is 0.0442. The number of carbonyl (C=O) groups excluding carboxylic acids is 2. The number of halogens is 1. The van der Waals surface area contributed by atoms with Crippen molar-refractivity contribution in [3.8, 4) is 5.75 Å². The van der Waals surface area contributed by atoms with E-state index in [1.807, 2.05) is 6.92 Å². The molecule has 1 amide bonds. The van der Waals surface area contributed by atoms with Crippen LogP contribution in [-0.4, -0.2) is 52.5 Å². The van der Waals surface area contributed by atoms with Crippen molar-refractivity contribution >= 4 is 29.1 Å². The highest BCUT2D eigenvalue weighted by Gasteiger charge is 2.47. The van der Waals surface area contributed by atoms with Crippen LogP contribution in [0.15, 0.2) is 48.2 Å². The number of carbonyl (C=O) groups is 2. The van der Waals surface area contributed by atoms with Crippen molar-refractivity contribution in [3.05, 3.63) is 64.4 Å². The summed E-state index contributed by atoms with van der Waals surface area (Å²) in [5.41, 5.74) is 0.666. The second-order valence-corrected chi connectivity index (χ2v) is 7.82. The van der Waals surface area contributed by atoms with E-state index in [9.17, 15) is 14.7 Å². The standard InChI is InChI=1S/C23H23ClN2O5/c1-2-30-14-8-9-17(24)16(12-14)21(27)19-20(18-7-3-4-10-25-18)26(23(29)22(19)28)13-15-6-5-11-31-15/h3-4,7-10,12,15,20,27H,2,5-6,11,13H2,1H3/b21-19+. The first-order chi connectivity index (χ1) is 15.0. The van der Waals surface area contributed by atoms with Gasteiger partial charge < -0.3 is 19.5 Å². The number of pyridine rings is 1. The van der Waals surface area contributed by atoms with Crippen LogP contribution in [0.4, 0.5) is 0 Å². The molecule has 0 radical (unpaired) electrons. The van der Waals surface area contributed by atoms with Crippen LogP contribution in [0.3, 0.4) is 0 Å². The largest absolute Gasteiger partial charge is 0.507 e. The summed E-state index contributed by atoms with van der Waals surface area (Å²) < 4.78 is 11.2. The van der Waals surface area contributed by atoms with Gasteiger partial charge in [-0.05, 0) is 50.1 Å². The van der Waals surface area contributed by atoms with Gasteiger partial charge in [-0.3, -0.25) is 14.6 Å². The van der Waals surface area contributed by atoms with E-state index in [2.05, 4.69) is 4.98 Å². The smallest absolute Gasteiger partial charge is 0.295 e. The van der Waals surface area contributed by atoms with Crippen LogP contribution in [-0.2, 0) is 14.3 Å². The molecule has 162 valence electrons. The lowest BCUT2D eigenvalue weighted by atomic mass is 9.98. The third kappa shape index (κ3) is 4.16. The van der Waals surface area contributed by atoms with Crippen LogP contribution in [0.2, 0.25) is 5.02 Å². The van der Waals surface area contributed by atoms with Crippen LogP contribution in [0, 0.1) is 0 Å². The van der Waals surface area contributed by atoms with E-state index in [0.29, 0.717) is 24.7 Å². The number of aromatic nitrogens is 1. The molecule has 1 N–H and O–H groups in total. The van der Waals surface area contributed by atoms with Gasteiger partial charge in [0.2, 0.25) is 0 Å². The highest BCUT2D eigenvalue weighted by Crippen LogP contribution is 2.41. The van der Waals surface area contributed by atoms with Gasteiger partial charge in [0.05, 0.1) is 29.0 Å². The third-order valence-corrected chi connectivity index (χ3v) is 5.77. The quantitative estimate of drug-likeness (QED) is 0.416. The maximum Gasteiger partial charge on any atom is 0.295 e. The highest BCUT2D eigenvalue weighted by atomic mass is 35.5. The molecular formula is C23H23ClN2O5. The second kappa shape index (κ2) is 9.08. The van der Waals surface area contributed by atoms with Gasteiger partial charge in [0.15, 0.2) is 0 Å². The Morgan fingerprint density at radius 1 is 1.32 bits per heavy atom. The summed E-state index contributed by atoms with van der Waals surface area (Å²) in [6, 6.07) is 9.23. The minimum Gasteiger partial charge on any atom is -0.507 e. The third-order valence-electron chi connectivity index (χ3n) is 5.44. The molecule has 1 aromatic heterocycles. The van der Waals surface area contributed by atoms with Gasteiger partial charge in [0.25, 0.3) is 11.7 Å². The van der Waals surface area contributed by atoms with E-state index in [0.717, 1.165) is 12.8 Å². The van der Waals surface area contributed by atoms with Gasteiger partial charge in [-0.2, -0.15) is 0 Å². The first-order valence-corrected chi connectivity index (χ1v) is 10.6. The zero-order chi connectivity index (χ0) is 22.0. The maximum absolute atomic E-state index is 13.1. The van der Waals surface area contributed by atoms with Crippen LogP contribution >= 0.6 is 11.6 Å². The maximum atomic E-state index is 13.1. The normalized spacial score (nSPS) is 22.8. The Bertz CT molecular complexity index is 1020. The van der Waals surface area contributed by atoms with Crippen LogP contribution < -0.4 is 4.74 Å². The molecule has 2 aliphatic rings. The molecule has 4 rings (SSSR count). The number of rotatable bonds is 6. The van der Waals surface area contributed by atoms with Crippen LogP contribution in [0.5, 0.6) is 5.75 Å². The average molecular weight is 443 g/mol. The van der Waals surface area contributed by atoms with Crippen molar-refractivity contribution in [2.45, 2.75) is 31.9 Å². The van der Waals surface area contributed by atoms with Gasteiger partial charge in [-0.1, -0.05) is 17.7 Å². The molecule has 0 aliphatic carbocycles. The Morgan fingerprint density at radius 3 is 2.84 bits per heavy atom. The predicted molar refractivity (Wildman–Crippen MR) is 115 cm³/mol. The molecule has 2 unspecified atom stereocenters. The lowest BCUT2D eigenvalue weighted by molar-refractivity contribution is -0.140. The first kappa shape index (κ1) is 21.3. The summed E-state index contributed by atoms with van der Waals surface area (Å²) in [7, 11) is 0. The molecule has 2 fully saturated rings. The summed E-state index contributed by atoms with van der Waals surface area (Å²) >= 11 is 6.33. The van der Waals surface area contributed by atoms with E-state index in [1.165, 1.54) is 4.90 Å². The van der Waals surface area contributed by atoms with Gasteiger partial charge in [0.1, 0.15) is 17.6 Å². The number of Topliss-reactive ketones (excluding diaryl/α,β-unsaturated/α-hetero) is 1. The fourth-order valence-electron chi connectivity index (χ4n) is 4.01. The summed E-state index contributed by atoms with van der Waals surface area (Å²) in [6.45, 7) is 3.14. The number of amides is 1. The topological polar surface area (TPSA) is 89.0 Å². The molecule has 7 nitrogen and oxygen atoms in total. The van der Waals surface area contributed by atoms with Crippen LogP contribution in [0.25, 0.3) is 5.76 Å².